The van der Waals surface area contributed by atoms with Gasteiger partial charge in [-0.2, -0.15) is 0 Å². The highest BCUT2D eigenvalue weighted by Gasteiger charge is 2.24. The molecule has 1 fully saturated rings. The standard InChI is InChI=1S/C7H14O2/c1-5(2)7-8-4-6(3)9-7/h5-7H,4H2,1-3H3/t6-,7+/m1/s1. The predicted molar refractivity (Wildman–Crippen MR) is 35.1 cm³/mol. The first-order chi connectivity index (χ1) is 4.20. The molecule has 0 spiro atoms. The van der Waals surface area contributed by atoms with Crippen LogP contribution in [0.3, 0.4) is 0 Å². The molecule has 0 N–H and O–H groups in total. The van der Waals surface area contributed by atoms with Crippen molar-refractivity contribution < 1.29 is 9.47 Å². The van der Waals surface area contributed by atoms with Gasteiger partial charge >= 0.3 is 0 Å². The molecule has 0 unspecified atom stereocenters. The predicted octanol–water partition coefficient (Wildman–Crippen LogP) is 1.40. The van der Waals surface area contributed by atoms with E-state index in [1.807, 2.05) is 6.92 Å². The van der Waals surface area contributed by atoms with Gasteiger partial charge in [0.15, 0.2) is 6.29 Å². The van der Waals surface area contributed by atoms with E-state index in [4.69, 9.17) is 9.47 Å². The molecule has 0 radical (unpaired) electrons. The van der Waals surface area contributed by atoms with E-state index in [9.17, 15) is 0 Å². The molecule has 0 aliphatic carbocycles. The molecule has 0 bridgehead atoms. The third-order valence-corrected chi connectivity index (χ3v) is 1.41. The Morgan fingerprint density at radius 2 is 2.11 bits per heavy atom. The van der Waals surface area contributed by atoms with Gasteiger partial charge in [0.05, 0.1) is 12.7 Å². The van der Waals surface area contributed by atoms with E-state index >= 15 is 0 Å². The second-order valence-electron chi connectivity index (χ2n) is 2.89. The number of ether oxygens (including phenoxy) is 2. The van der Waals surface area contributed by atoms with Crippen LogP contribution < -0.4 is 0 Å². The molecular weight excluding hydrogens is 116 g/mol. The van der Waals surface area contributed by atoms with Crippen molar-refractivity contribution in [3.05, 3.63) is 0 Å². The molecular formula is C7H14O2. The van der Waals surface area contributed by atoms with Gasteiger partial charge in [-0.1, -0.05) is 13.8 Å². The molecule has 54 valence electrons. The topological polar surface area (TPSA) is 18.5 Å². The lowest BCUT2D eigenvalue weighted by molar-refractivity contribution is -0.0846. The van der Waals surface area contributed by atoms with Crippen molar-refractivity contribution >= 4 is 0 Å². The maximum absolute atomic E-state index is 5.40. The van der Waals surface area contributed by atoms with Gasteiger partial charge < -0.3 is 9.47 Å². The lowest BCUT2D eigenvalue weighted by Crippen LogP contribution is -2.16. The van der Waals surface area contributed by atoms with Crippen LogP contribution in [-0.2, 0) is 9.47 Å². The molecule has 1 heterocycles. The summed E-state index contributed by atoms with van der Waals surface area (Å²) in [5.74, 6) is 0.481. The second kappa shape index (κ2) is 2.67. The van der Waals surface area contributed by atoms with Gasteiger partial charge in [-0.05, 0) is 6.92 Å². The van der Waals surface area contributed by atoms with Crippen LogP contribution in [0.25, 0.3) is 0 Å². The normalized spacial score (nSPS) is 36.0. The molecule has 1 aliphatic heterocycles. The Kier molecular flexibility index (Phi) is 2.09. The monoisotopic (exact) mass is 130 g/mol. The van der Waals surface area contributed by atoms with Crippen LogP contribution in [0, 0.1) is 5.92 Å². The van der Waals surface area contributed by atoms with Crippen molar-refractivity contribution in [2.45, 2.75) is 33.2 Å². The summed E-state index contributed by atoms with van der Waals surface area (Å²) in [7, 11) is 0. The second-order valence-corrected chi connectivity index (χ2v) is 2.89. The molecule has 1 rings (SSSR count). The first-order valence-corrected chi connectivity index (χ1v) is 3.47. The zero-order valence-corrected chi connectivity index (χ0v) is 6.26. The molecule has 2 nitrogen and oxygen atoms in total. The maximum Gasteiger partial charge on any atom is 0.160 e. The molecule has 0 aromatic heterocycles. The summed E-state index contributed by atoms with van der Waals surface area (Å²) in [6.45, 7) is 6.98. The Balaban J connectivity index is 2.30. The van der Waals surface area contributed by atoms with Crippen LogP contribution in [0.1, 0.15) is 20.8 Å². The highest BCUT2D eigenvalue weighted by atomic mass is 16.7. The highest BCUT2D eigenvalue weighted by Crippen LogP contribution is 2.17. The van der Waals surface area contributed by atoms with Gasteiger partial charge in [-0.3, -0.25) is 0 Å². The van der Waals surface area contributed by atoms with Gasteiger partial charge in [-0.25, -0.2) is 0 Å². The molecule has 1 saturated heterocycles. The van der Waals surface area contributed by atoms with E-state index in [1.165, 1.54) is 0 Å². The van der Waals surface area contributed by atoms with E-state index in [1.54, 1.807) is 0 Å². The highest BCUT2D eigenvalue weighted by molar-refractivity contribution is 4.61. The van der Waals surface area contributed by atoms with E-state index in [-0.39, 0.29) is 12.4 Å². The minimum Gasteiger partial charge on any atom is -0.350 e. The molecule has 0 saturated carbocycles. The van der Waals surface area contributed by atoms with Gasteiger partial charge in [-0.15, -0.1) is 0 Å². The van der Waals surface area contributed by atoms with Gasteiger partial charge in [0.25, 0.3) is 0 Å². The first kappa shape index (κ1) is 7.03. The van der Waals surface area contributed by atoms with Crippen molar-refractivity contribution in [2.24, 2.45) is 5.92 Å². The van der Waals surface area contributed by atoms with Crippen molar-refractivity contribution in [3.63, 3.8) is 0 Å². The van der Waals surface area contributed by atoms with Crippen molar-refractivity contribution in [1.29, 1.82) is 0 Å². The summed E-state index contributed by atoms with van der Waals surface area (Å²) in [5, 5.41) is 0. The lowest BCUT2D eigenvalue weighted by Gasteiger charge is -2.12. The minimum atomic E-state index is 0.0417. The Morgan fingerprint density at radius 3 is 2.33 bits per heavy atom. The number of hydrogen-bond donors (Lipinski definition) is 0. The van der Waals surface area contributed by atoms with Gasteiger partial charge in [0.2, 0.25) is 0 Å². The van der Waals surface area contributed by atoms with Crippen LogP contribution in [0.2, 0.25) is 0 Å². The van der Waals surface area contributed by atoms with Crippen molar-refractivity contribution in [3.8, 4) is 0 Å². The zero-order chi connectivity index (χ0) is 6.85. The molecule has 0 aromatic rings. The summed E-state index contributed by atoms with van der Waals surface area (Å²) in [6.07, 6.45) is 0.331. The van der Waals surface area contributed by atoms with Crippen molar-refractivity contribution in [2.75, 3.05) is 6.61 Å². The van der Waals surface area contributed by atoms with E-state index in [0.29, 0.717) is 5.92 Å². The fourth-order valence-electron chi connectivity index (χ4n) is 0.887. The largest absolute Gasteiger partial charge is 0.350 e. The van der Waals surface area contributed by atoms with Crippen LogP contribution in [-0.4, -0.2) is 19.0 Å². The Morgan fingerprint density at radius 1 is 1.44 bits per heavy atom. The fraction of sp³-hybridized carbons (Fsp3) is 1.00. The molecule has 2 heteroatoms. The van der Waals surface area contributed by atoms with Crippen LogP contribution in [0.15, 0.2) is 0 Å². The summed E-state index contributed by atoms with van der Waals surface area (Å²) in [5.41, 5.74) is 0. The van der Waals surface area contributed by atoms with Crippen LogP contribution >= 0.6 is 0 Å². The third-order valence-electron chi connectivity index (χ3n) is 1.41. The Labute approximate surface area is 56.2 Å². The molecule has 1 aliphatic rings. The summed E-state index contributed by atoms with van der Waals surface area (Å²) >= 11 is 0. The Hall–Kier alpha value is -0.0800. The summed E-state index contributed by atoms with van der Waals surface area (Å²) < 4.78 is 10.7. The Bertz CT molecular complexity index is 90.9. The fourth-order valence-corrected chi connectivity index (χ4v) is 0.887. The van der Waals surface area contributed by atoms with Gasteiger partial charge in [0.1, 0.15) is 0 Å². The van der Waals surface area contributed by atoms with E-state index in [2.05, 4.69) is 13.8 Å². The van der Waals surface area contributed by atoms with Crippen LogP contribution in [0.4, 0.5) is 0 Å². The third kappa shape index (κ3) is 1.66. The first-order valence-electron chi connectivity index (χ1n) is 3.47. The molecule has 2 atom stereocenters. The zero-order valence-electron chi connectivity index (χ0n) is 6.26. The molecule has 0 amide bonds. The maximum atomic E-state index is 5.40. The lowest BCUT2D eigenvalue weighted by atomic mass is 10.2. The van der Waals surface area contributed by atoms with Crippen molar-refractivity contribution in [1.82, 2.24) is 0 Å². The number of rotatable bonds is 1. The SMILES string of the molecule is CC(C)[C@H]1OC[C@@H](C)O1. The average Bonchev–Trinajstić information content (AvgIpc) is 2.14. The summed E-state index contributed by atoms with van der Waals surface area (Å²) in [4.78, 5) is 0. The quantitative estimate of drug-likeness (QED) is 0.534. The summed E-state index contributed by atoms with van der Waals surface area (Å²) in [6, 6.07) is 0. The molecule has 0 aromatic carbocycles. The minimum absolute atomic E-state index is 0.0417. The average molecular weight is 130 g/mol. The van der Waals surface area contributed by atoms with E-state index in [0.717, 1.165) is 6.61 Å². The van der Waals surface area contributed by atoms with Gasteiger partial charge in [0, 0.05) is 5.92 Å². The van der Waals surface area contributed by atoms with Crippen LogP contribution in [0.5, 0.6) is 0 Å². The number of hydrogen-bond acceptors (Lipinski definition) is 2. The molecule has 9 heavy (non-hydrogen) atoms. The smallest absolute Gasteiger partial charge is 0.160 e. The van der Waals surface area contributed by atoms with E-state index < -0.39 is 0 Å².